The molecule has 3 amide bonds. The number of hydrogen-bond donors (Lipinski definition) is 1. The SMILES string of the molecule is O=C(NN(C(=O)c1ccccc1Cl)C(=O)c1ccccc1Cl)c1ccccc1Cl. The van der Waals surface area contributed by atoms with Gasteiger partial charge >= 0.3 is 0 Å². The molecule has 0 heterocycles. The summed E-state index contributed by atoms with van der Waals surface area (Å²) in [5, 5.41) is 0.997. The first-order valence-corrected chi connectivity index (χ1v) is 9.47. The lowest BCUT2D eigenvalue weighted by Gasteiger charge is -2.22. The third kappa shape index (κ3) is 4.59. The smallest absolute Gasteiger partial charge is 0.267 e. The van der Waals surface area contributed by atoms with Crippen LogP contribution in [0.2, 0.25) is 15.1 Å². The van der Waals surface area contributed by atoms with Crippen LogP contribution in [-0.2, 0) is 0 Å². The van der Waals surface area contributed by atoms with Crippen LogP contribution >= 0.6 is 34.8 Å². The summed E-state index contributed by atoms with van der Waals surface area (Å²) in [5.74, 6) is -2.38. The number of carbonyl (C=O) groups is 3. The van der Waals surface area contributed by atoms with E-state index in [4.69, 9.17) is 34.8 Å². The third-order valence-corrected chi connectivity index (χ3v) is 4.94. The maximum atomic E-state index is 13.1. The van der Waals surface area contributed by atoms with Crippen molar-refractivity contribution in [2.75, 3.05) is 0 Å². The van der Waals surface area contributed by atoms with Gasteiger partial charge in [0.15, 0.2) is 0 Å². The van der Waals surface area contributed by atoms with Gasteiger partial charge in [-0.3, -0.25) is 19.8 Å². The summed E-state index contributed by atoms with van der Waals surface area (Å²) in [6, 6.07) is 18.6. The van der Waals surface area contributed by atoms with E-state index in [-0.39, 0.29) is 31.8 Å². The van der Waals surface area contributed by atoms with Crippen LogP contribution in [0.3, 0.4) is 0 Å². The zero-order chi connectivity index (χ0) is 21.0. The maximum Gasteiger partial charge on any atom is 0.281 e. The summed E-state index contributed by atoms with van der Waals surface area (Å²) in [7, 11) is 0. The molecule has 0 atom stereocenters. The van der Waals surface area contributed by atoms with Crippen LogP contribution in [0.4, 0.5) is 0 Å². The maximum absolute atomic E-state index is 13.1. The van der Waals surface area contributed by atoms with Crippen LogP contribution in [0.5, 0.6) is 0 Å². The Kier molecular flexibility index (Phi) is 6.54. The monoisotopic (exact) mass is 446 g/mol. The van der Waals surface area contributed by atoms with Crippen LogP contribution in [0.25, 0.3) is 0 Å². The van der Waals surface area contributed by atoms with Crippen molar-refractivity contribution in [1.82, 2.24) is 10.4 Å². The van der Waals surface area contributed by atoms with Gasteiger partial charge in [-0.2, -0.15) is 5.01 Å². The minimum Gasteiger partial charge on any atom is -0.267 e. The fraction of sp³-hybridized carbons (Fsp3) is 0. The lowest BCUT2D eigenvalue weighted by Crippen LogP contribution is -2.50. The average Bonchev–Trinajstić information content (AvgIpc) is 2.72. The van der Waals surface area contributed by atoms with E-state index in [9.17, 15) is 14.4 Å². The Labute approximate surface area is 181 Å². The molecule has 3 aromatic carbocycles. The molecule has 5 nitrogen and oxygen atoms in total. The van der Waals surface area contributed by atoms with Gasteiger partial charge in [-0.1, -0.05) is 71.2 Å². The van der Waals surface area contributed by atoms with E-state index < -0.39 is 17.7 Å². The molecule has 0 saturated heterocycles. The molecule has 0 aliphatic carbocycles. The molecule has 3 aromatic rings. The minimum atomic E-state index is -0.819. The second kappa shape index (κ2) is 9.09. The summed E-state index contributed by atoms with van der Waals surface area (Å²) in [4.78, 5) is 38.9. The van der Waals surface area contributed by atoms with E-state index in [0.29, 0.717) is 5.01 Å². The normalized spacial score (nSPS) is 10.3. The van der Waals surface area contributed by atoms with Crippen molar-refractivity contribution in [3.63, 3.8) is 0 Å². The number of nitrogens with zero attached hydrogens (tertiary/aromatic N) is 1. The molecule has 0 saturated carbocycles. The Bertz CT molecular complexity index is 1040. The Balaban J connectivity index is 2.02. The molecule has 0 unspecified atom stereocenters. The predicted molar refractivity (Wildman–Crippen MR) is 112 cm³/mol. The topological polar surface area (TPSA) is 66.5 Å². The largest absolute Gasteiger partial charge is 0.281 e. The van der Waals surface area contributed by atoms with Gasteiger partial charge in [-0.25, -0.2) is 0 Å². The number of imide groups is 1. The summed E-state index contributed by atoms with van der Waals surface area (Å²) >= 11 is 18.3. The van der Waals surface area contributed by atoms with Gasteiger partial charge < -0.3 is 0 Å². The molecule has 0 spiro atoms. The number of hydrogen-bond acceptors (Lipinski definition) is 3. The Hall–Kier alpha value is -2.86. The zero-order valence-electron chi connectivity index (χ0n) is 14.7. The fourth-order valence-corrected chi connectivity index (χ4v) is 3.17. The number of rotatable bonds is 3. The molecule has 0 aliphatic heterocycles. The van der Waals surface area contributed by atoms with Crippen LogP contribution < -0.4 is 5.43 Å². The summed E-state index contributed by atoms with van der Waals surface area (Å²) in [6.07, 6.45) is 0. The Morgan fingerprint density at radius 1 is 0.586 bits per heavy atom. The molecule has 146 valence electrons. The number of benzene rings is 3. The quantitative estimate of drug-likeness (QED) is 0.439. The highest BCUT2D eigenvalue weighted by Crippen LogP contribution is 2.21. The molecule has 3 rings (SSSR count). The van der Waals surface area contributed by atoms with E-state index in [1.807, 2.05) is 0 Å². The van der Waals surface area contributed by atoms with Gasteiger partial charge in [0, 0.05) is 0 Å². The second-order valence-corrected chi connectivity index (χ2v) is 7.05. The van der Waals surface area contributed by atoms with Crippen molar-refractivity contribution in [2.24, 2.45) is 0 Å². The molecule has 0 fully saturated rings. The van der Waals surface area contributed by atoms with Gasteiger partial charge in [0.2, 0.25) is 0 Å². The minimum absolute atomic E-state index is 0.0361. The number of nitrogens with one attached hydrogen (secondary N) is 1. The summed E-state index contributed by atoms with van der Waals surface area (Å²) in [6.45, 7) is 0. The third-order valence-electron chi connectivity index (χ3n) is 3.95. The molecule has 0 aliphatic rings. The highest BCUT2D eigenvalue weighted by molar-refractivity contribution is 6.36. The highest BCUT2D eigenvalue weighted by atomic mass is 35.5. The second-order valence-electron chi connectivity index (χ2n) is 5.83. The van der Waals surface area contributed by atoms with E-state index in [1.54, 1.807) is 36.4 Å². The van der Waals surface area contributed by atoms with Crippen molar-refractivity contribution in [3.05, 3.63) is 105 Å². The zero-order valence-corrected chi connectivity index (χ0v) is 17.0. The van der Waals surface area contributed by atoms with Crippen LogP contribution in [-0.4, -0.2) is 22.7 Å². The summed E-state index contributed by atoms with van der Waals surface area (Å²) < 4.78 is 0. The van der Waals surface area contributed by atoms with Gasteiger partial charge in [0.05, 0.1) is 31.8 Å². The van der Waals surface area contributed by atoms with E-state index in [2.05, 4.69) is 5.43 Å². The molecule has 8 heteroatoms. The standard InChI is InChI=1S/C21H13Cl3N2O3/c22-16-10-4-1-7-13(16)19(27)25-26(20(28)14-8-2-5-11-17(14)23)21(29)15-9-3-6-12-18(15)24/h1-12H,(H,25,27). The number of hydrazine groups is 1. The first kappa shape index (κ1) is 20.9. The van der Waals surface area contributed by atoms with Crippen molar-refractivity contribution in [1.29, 1.82) is 0 Å². The van der Waals surface area contributed by atoms with Crippen molar-refractivity contribution in [3.8, 4) is 0 Å². The van der Waals surface area contributed by atoms with Crippen molar-refractivity contribution >= 4 is 52.5 Å². The summed E-state index contributed by atoms with van der Waals surface area (Å²) in [5.41, 5.74) is 2.49. The number of halogens is 3. The van der Waals surface area contributed by atoms with Gasteiger partial charge in [0.25, 0.3) is 17.7 Å². The Morgan fingerprint density at radius 2 is 0.931 bits per heavy atom. The fourth-order valence-electron chi connectivity index (χ4n) is 2.51. The Morgan fingerprint density at radius 3 is 1.31 bits per heavy atom. The van der Waals surface area contributed by atoms with Gasteiger partial charge in [0.1, 0.15) is 0 Å². The van der Waals surface area contributed by atoms with E-state index in [1.165, 1.54) is 36.4 Å². The molecular weight excluding hydrogens is 435 g/mol. The number of amides is 3. The predicted octanol–water partition coefficient (Wildman–Crippen LogP) is 5.27. The molecule has 0 bridgehead atoms. The van der Waals surface area contributed by atoms with Crippen molar-refractivity contribution < 1.29 is 14.4 Å². The molecule has 29 heavy (non-hydrogen) atoms. The van der Waals surface area contributed by atoms with Gasteiger partial charge in [-0.05, 0) is 36.4 Å². The first-order valence-electron chi connectivity index (χ1n) is 8.33. The van der Waals surface area contributed by atoms with Crippen LogP contribution in [0.15, 0.2) is 72.8 Å². The lowest BCUT2D eigenvalue weighted by atomic mass is 10.1. The number of carbonyl (C=O) groups excluding carboxylic acids is 3. The van der Waals surface area contributed by atoms with Crippen molar-refractivity contribution in [2.45, 2.75) is 0 Å². The van der Waals surface area contributed by atoms with Crippen LogP contribution in [0, 0.1) is 0 Å². The van der Waals surface area contributed by atoms with E-state index in [0.717, 1.165) is 0 Å². The molecule has 0 aromatic heterocycles. The average molecular weight is 448 g/mol. The molecular formula is C21H13Cl3N2O3. The van der Waals surface area contributed by atoms with Gasteiger partial charge in [-0.15, -0.1) is 0 Å². The highest BCUT2D eigenvalue weighted by Gasteiger charge is 2.29. The molecule has 1 N–H and O–H groups in total. The van der Waals surface area contributed by atoms with Crippen LogP contribution in [0.1, 0.15) is 31.1 Å². The first-order chi connectivity index (χ1) is 13.9. The molecule has 0 radical (unpaired) electrons. The lowest BCUT2D eigenvalue weighted by molar-refractivity contribution is 0.0484. The van der Waals surface area contributed by atoms with E-state index >= 15 is 0 Å².